The molecular weight excluding hydrogens is 361 g/mol. The quantitative estimate of drug-likeness (QED) is 0.294. The maximum Gasteiger partial charge on any atom is 0.288 e. The molecule has 0 fully saturated rings. The Labute approximate surface area is 143 Å². The zero-order chi connectivity index (χ0) is 16.6. The van der Waals surface area contributed by atoms with E-state index >= 15 is 0 Å². The summed E-state index contributed by atoms with van der Waals surface area (Å²) in [6, 6.07) is 3.90. The van der Waals surface area contributed by atoms with Gasteiger partial charge in [0, 0.05) is 23.2 Å². The van der Waals surface area contributed by atoms with Crippen LogP contribution in [0.25, 0.3) is 11.0 Å². The molecule has 0 unspecified atom stereocenters. The fourth-order valence-corrected chi connectivity index (χ4v) is 3.17. The summed E-state index contributed by atoms with van der Waals surface area (Å²) in [5, 5.41) is 13.0. The third kappa shape index (κ3) is 2.98. The Morgan fingerprint density at radius 1 is 1.39 bits per heavy atom. The number of hydrogen-bond donors (Lipinski definition) is 0. The second-order valence-corrected chi connectivity index (χ2v) is 6.10. The number of rotatable bonds is 4. The topological polar surface area (TPSA) is 77.5 Å². The maximum atomic E-state index is 12.2. The summed E-state index contributed by atoms with van der Waals surface area (Å²) in [4.78, 5) is 27.3. The van der Waals surface area contributed by atoms with Crippen molar-refractivity contribution < 1.29 is 9.72 Å². The lowest BCUT2D eigenvalue weighted by molar-refractivity contribution is -0.384. The highest BCUT2D eigenvalue weighted by atomic mass is 35.5. The van der Waals surface area contributed by atoms with Crippen LogP contribution in [0, 0.1) is 10.1 Å². The molecule has 0 aliphatic heterocycles. The van der Waals surface area contributed by atoms with Crippen molar-refractivity contribution in [1.82, 2.24) is 9.38 Å². The van der Waals surface area contributed by atoms with Gasteiger partial charge in [0.2, 0.25) is 0 Å². The number of ketones is 1. The number of nitro benzene ring substituents is 1. The lowest BCUT2D eigenvalue weighted by atomic mass is 10.1. The van der Waals surface area contributed by atoms with Gasteiger partial charge >= 0.3 is 0 Å². The molecule has 0 atom stereocenters. The number of halogens is 2. The molecule has 2 aromatic heterocycles. The minimum Gasteiger partial charge on any atom is -0.289 e. The molecule has 0 saturated carbocycles. The molecule has 0 radical (unpaired) electrons. The summed E-state index contributed by atoms with van der Waals surface area (Å²) < 4.78 is 1.75. The smallest absolute Gasteiger partial charge is 0.288 e. The molecule has 1 aromatic carbocycles. The van der Waals surface area contributed by atoms with Crippen molar-refractivity contribution in [3.63, 3.8) is 0 Å². The number of thiazole rings is 1. The van der Waals surface area contributed by atoms with Gasteiger partial charge in [0.15, 0.2) is 15.9 Å². The van der Waals surface area contributed by atoms with Gasteiger partial charge in [0.25, 0.3) is 5.69 Å². The van der Waals surface area contributed by atoms with E-state index in [1.54, 1.807) is 10.6 Å². The molecule has 0 aliphatic rings. The van der Waals surface area contributed by atoms with Crippen LogP contribution in [0.3, 0.4) is 0 Å². The molecule has 3 rings (SSSR count). The largest absolute Gasteiger partial charge is 0.289 e. The van der Waals surface area contributed by atoms with Crippen LogP contribution in [0.1, 0.15) is 16.1 Å². The van der Waals surface area contributed by atoms with Gasteiger partial charge in [0.1, 0.15) is 5.02 Å². The van der Waals surface area contributed by atoms with Crippen LogP contribution in [-0.2, 0) is 0 Å². The molecule has 0 amide bonds. The second-order valence-electron chi connectivity index (χ2n) is 4.46. The van der Waals surface area contributed by atoms with Crippen LogP contribution >= 0.6 is 34.5 Å². The van der Waals surface area contributed by atoms with Gasteiger partial charge in [-0.25, -0.2) is 4.98 Å². The molecule has 0 aliphatic carbocycles. The van der Waals surface area contributed by atoms with E-state index in [4.69, 9.17) is 23.2 Å². The highest BCUT2D eigenvalue weighted by molar-refractivity contribution is 7.15. The molecule has 3 aromatic rings. The summed E-state index contributed by atoms with van der Waals surface area (Å²) in [5.41, 5.74) is 0.424. The van der Waals surface area contributed by atoms with Crippen LogP contribution in [0.5, 0.6) is 0 Å². The van der Waals surface area contributed by atoms with Crippen molar-refractivity contribution in [3.05, 3.63) is 67.4 Å². The van der Waals surface area contributed by atoms with Crippen molar-refractivity contribution in [2.75, 3.05) is 0 Å². The fraction of sp³-hybridized carbons (Fsp3) is 0. The lowest BCUT2D eigenvalue weighted by Crippen LogP contribution is -1.97. The minimum absolute atomic E-state index is 0.0191. The molecule has 0 bridgehead atoms. The summed E-state index contributed by atoms with van der Waals surface area (Å²) >= 11 is 13.2. The van der Waals surface area contributed by atoms with Gasteiger partial charge < -0.3 is 0 Å². The number of carbonyl (C=O) groups excluding carboxylic acids is 1. The molecule has 2 heterocycles. The first kappa shape index (κ1) is 15.7. The monoisotopic (exact) mass is 367 g/mol. The van der Waals surface area contributed by atoms with Gasteiger partial charge in [-0.05, 0) is 24.3 Å². The Kier molecular flexibility index (Phi) is 4.16. The molecule has 9 heteroatoms. The summed E-state index contributed by atoms with van der Waals surface area (Å²) in [6.45, 7) is 0. The van der Waals surface area contributed by atoms with E-state index in [1.807, 2.05) is 5.38 Å². The number of imidazole rings is 1. The zero-order valence-electron chi connectivity index (χ0n) is 11.3. The summed E-state index contributed by atoms with van der Waals surface area (Å²) in [6.07, 6.45) is 4.61. The fourth-order valence-electron chi connectivity index (χ4n) is 1.98. The van der Waals surface area contributed by atoms with Crippen LogP contribution in [0.15, 0.2) is 35.9 Å². The Morgan fingerprint density at radius 3 is 2.91 bits per heavy atom. The second kappa shape index (κ2) is 6.11. The van der Waals surface area contributed by atoms with Crippen molar-refractivity contribution >= 4 is 57.0 Å². The van der Waals surface area contributed by atoms with E-state index in [9.17, 15) is 14.9 Å². The predicted octanol–water partition coefficient (Wildman–Crippen LogP) is 4.51. The van der Waals surface area contributed by atoms with Gasteiger partial charge in [-0.3, -0.25) is 19.3 Å². The average molecular weight is 368 g/mol. The van der Waals surface area contributed by atoms with E-state index in [2.05, 4.69) is 4.98 Å². The zero-order valence-corrected chi connectivity index (χ0v) is 13.6. The van der Waals surface area contributed by atoms with E-state index in [-0.39, 0.29) is 21.4 Å². The molecular formula is C14H7Cl2N3O3S. The van der Waals surface area contributed by atoms with Crippen LogP contribution in [0.4, 0.5) is 5.69 Å². The molecule has 0 saturated heterocycles. The molecule has 6 nitrogen and oxygen atoms in total. The first-order valence-corrected chi connectivity index (χ1v) is 7.88. The highest BCUT2D eigenvalue weighted by Gasteiger charge is 2.15. The van der Waals surface area contributed by atoms with Gasteiger partial charge in [-0.15, -0.1) is 11.3 Å². The Bertz CT molecular complexity index is 961. The standard InChI is InChI=1S/C14H7Cl2N3O3S/c15-9-2-1-8(7-11(9)19(21)22)12(20)4-3-10-13(16)17-14-18(10)5-6-23-14/h1-7H/b4-3+. The Morgan fingerprint density at radius 2 is 2.17 bits per heavy atom. The molecule has 116 valence electrons. The van der Waals surface area contributed by atoms with Crippen molar-refractivity contribution in [3.8, 4) is 0 Å². The number of nitrogens with zero attached hydrogens (tertiary/aromatic N) is 3. The lowest BCUT2D eigenvalue weighted by Gasteiger charge is -1.99. The third-order valence-electron chi connectivity index (χ3n) is 3.07. The van der Waals surface area contributed by atoms with Crippen molar-refractivity contribution in [2.24, 2.45) is 0 Å². The number of fused-ring (bicyclic) bond motifs is 1. The molecule has 0 spiro atoms. The third-order valence-corrected chi connectivity index (χ3v) is 4.43. The normalized spacial score (nSPS) is 11.4. The molecule has 0 N–H and O–H groups in total. The number of carbonyl (C=O) groups is 1. The van der Waals surface area contributed by atoms with Crippen LogP contribution in [-0.4, -0.2) is 20.1 Å². The van der Waals surface area contributed by atoms with Gasteiger partial charge in [-0.1, -0.05) is 23.2 Å². The number of allylic oxidation sites excluding steroid dienone is 1. The molecule has 23 heavy (non-hydrogen) atoms. The minimum atomic E-state index is -0.633. The van der Waals surface area contributed by atoms with E-state index < -0.39 is 10.7 Å². The number of benzene rings is 1. The van der Waals surface area contributed by atoms with Crippen LogP contribution in [0.2, 0.25) is 10.2 Å². The SMILES string of the molecule is O=C(/C=C/c1c(Cl)nc2sccn12)c1ccc(Cl)c([N+](=O)[O-])c1. The number of nitro groups is 1. The summed E-state index contributed by atoms with van der Waals surface area (Å²) in [7, 11) is 0. The first-order chi connectivity index (χ1) is 11.0. The van der Waals surface area contributed by atoms with E-state index in [1.165, 1.54) is 35.6 Å². The van der Waals surface area contributed by atoms with Gasteiger partial charge in [-0.2, -0.15) is 0 Å². The van der Waals surface area contributed by atoms with E-state index in [0.29, 0.717) is 10.7 Å². The maximum absolute atomic E-state index is 12.2. The van der Waals surface area contributed by atoms with Crippen molar-refractivity contribution in [2.45, 2.75) is 0 Å². The Hall–Kier alpha value is -2.22. The first-order valence-electron chi connectivity index (χ1n) is 6.25. The highest BCUT2D eigenvalue weighted by Crippen LogP contribution is 2.26. The Balaban J connectivity index is 1.92. The summed E-state index contributed by atoms with van der Waals surface area (Å²) in [5.74, 6) is -0.397. The number of hydrogen-bond acceptors (Lipinski definition) is 5. The average Bonchev–Trinajstić information content (AvgIpc) is 3.06. The van der Waals surface area contributed by atoms with Crippen molar-refractivity contribution in [1.29, 1.82) is 0 Å². The van der Waals surface area contributed by atoms with Crippen LogP contribution < -0.4 is 0 Å². The number of aromatic nitrogens is 2. The van der Waals surface area contributed by atoms with E-state index in [0.717, 1.165) is 6.07 Å². The van der Waals surface area contributed by atoms with Gasteiger partial charge in [0.05, 0.1) is 10.6 Å². The predicted molar refractivity (Wildman–Crippen MR) is 89.5 cm³/mol.